The molecule has 1 atom stereocenters. The first-order valence-electron chi connectivity index (χ1n) is 4.93. The first kappa shape index (κ1) is 12.9. The van der Waals surface area contributed by atoms with E-state index < -0.39 is 11.7 Å². The standard InChI is InChI=1S/C9H15ClN6/c1-4-13-8-15-6(9(2,3)5-11)14-7(10)16(8)12/h8,13H,4,12H2,1-3H3. The maximum absolute atomic E-state index is 9.01. The van der Waals surface area contributed by atoms with Crippen molar-refractivity contribution in [2.24, 2.45) is 21.2 Å². The number of nitrogens with two attached hydrogens (primary N) is 1. The predicted molar refractivity (Wildman–Crippen MR) is 63.6 cm³/mol. The molecule has 0 aromatic heterocycles. The summed E-state index contributed by atoms with van der Waals surface area (Å²) in [6.45, 7) is 6.08. The Kier molecular flexibility index (Phi) is 3.86. The summed E-state index contributed by atoms with van der Waals surface area (Å²) >= 11 is 5.88. The molecule has 0 amide bonds. The lowest BCUT2D eigenvalue weighted by Crippen LogP contribution is -2.53. The summed E-state index contributed by atoms with van der Waals surface area (Å²) < 4.78 is 0. The van der Waals surface area contributed by atoms with Crippen molar-refractivity contribution in [1.82, 2.24) is 10.3 Å². The molecule has 0 aromatic carbocycles. The van der Waals surface area contributed by atoms with Crippen LogP contribution in [0.25, 0.3) is 0 Å². The summed E-state index contributed by atoms with van der Waals surface area (Å²) in [4.78, 5) is 8.27. The van der Waals surface area contributed by atoms with Crippen LogP contribution in [0.5, 0.6) is 0 Å². The Morgan fingerprint density at radius 3 is 2.81 bits per heavy atom. The summed E-state index contributed by atoms with van der Waals surface area (Å²) in [7, 11) is 0. The Hall–Kier alpha value is -1.16. The molecule has 0 aliphatic carbocycles. The van der Waals surface area contributed by atoms with Crippen LogP contribution in [0, 0.1) is 16.7 Å². The molecule has 1 aliphatic rings. The molecule has 0 bridgehead atoms. The van der Waals surface area contributed by atoms with E-state index in [4.69, 9.17) is 22.7 Å². The highest BCUT2D eigenvalue weighted by atomic mass is 35.5. The van der Waals surface area contributed by atoms with E-state index >= 15 is 0 Å². The smallest absolute Gasteiger partial charge is 0.217 e. The van der Waals surface area contributed by atoms with Crippen LogP contribution in [-0.2, 0) is 0 Å². The third kappa shape index (κ3) is 2.50. The monoisotopic (exact) mass is 242 g/mol. The third-order valence-corrected chi connectivity index (χ3v) is 2.42. The van der Waals surface area contributed by atoms with E-state index in [0.717, 1.165) is 0 Å². The lowest BCUT2D eigenvalue weighted by Gasteiger charge is -2.30. The summed E-state index contributed by atoms with van der Waals surface area (Å²) in [5.41, 5.74) is -0.783. The Bertz CT molecular complexity index is 367. The average molecular weight is 243 g/mol. The topological polar surface area (TPSA) is 89.8 Å². The van der Waals surface area contributed by atoms with Crippen molar-refractivity contribution in [1.29, 1.82) is 5.26 Å². The molecule has 0 spiro atoms. The highest BCUT2D eigenvalue weighted by Crippen LogP contribution is 2.21. The van der Waals surface area contributed by atoms with Crippen LogP contribution >= 0.6 is 11.6 Å². The molecule has 6 nitrogen and oxygen atoms in total. The minimum Gasteiger partial charge on any atom is -0.278 e. The van der Waals surface area contributed by atoms with Gasteiger partial charge in [0.25, 0.3) is 0 Å². The van der Waals surface area contributed by atoms with E-state index in [1.165, 1.54) is 5.01 Å². The minimum atomic E-state index is -0.783. The molecule has 1 heterocycles. The molecule has 3 N–H and O–H groups in total. The Labute approximate surface area is 99.8 Å². The van der Waals surface area contributed by atoms with Crippen molar-refractivity contribution in [3.63, 3.8) is 0 Å². The molecule has 1 unspecified atom stereocenters. The van der Waals surface area contributed by atoms with Crippen molar-refractivity contribution in [3.8, 4) is 6.07 Å². The average Bonchev–Trinajstić information content (AvgIpc) is 2.24. The fraction of sp³-hybridized carbons (Fsp3) is 0.667. The van der Waals surface area contributed by atoms with Crippen LogP contribution in [0.2, 0.25) is 0 Å². The number of amidine groups is 2. The number of hydrogen-bond acceptors (Lipinski definition) is 6. The molecule has 88 valence electrons. The number of halogens is 1. The van der Waals surface area contributed by atoms with Gasteiger partial charge in [-0.25, -0.2) is 20.8 Å². The highest BCUT2D eigenvalue weighted by Gasteiger charge is 2.31. The maximum Gasteiger partial charge on any atom is 0.217 e. The Morgan fingerprint density at radius 1 is 1.69 bits per heavy atom. The summed E-state index contributed by atoms with van der Waals surface area (Å²) in [6.07, 6.45) is -0.474. The quantitative estimate of drug-likeness (QED) is 0.561. The van der Waals surface area contributed by atoms with Crippen molar-refractivity contribution >= 4 is 22.7 Å². The predicted octanol–water partition coefficient (Wildman–Crippen LogP) is 0.612. The second-order valence-corrected chi connectivity index (χ2v) is 4.25. The number of hydrogen-bond donors (Lipinski definition) is 2. The van der Waals surface area contributed by atoms with Gasteiger partial charge in [-0.15, -0.1) is 0 Å². The van der Waals surface area contributed by atoms with Gasteiger partial charge in [0.2, 0.25) is 5.29 Å². The molecule has 16 heavy (non-hydrogen) atoms. The fourth-order valence-electron chi connectivity index (χ4n) is 1.13. The van der Waals surface area contributed by atoms with E-state index in [0.29, 0.717) is 12.4 Å². The maximum atomic E-state index is 9.01. The fourth-order valence-corrected chi connectivity index (χ4v) is 1.30. The van der Waals surface area contributed by atoms with Gasteiger partial charge < -0.3 is 0 Å². The zero-order valence-electron chi connectivity index (χ0n) is 9.53. The van der Waals surface area contributed by atoms with Gasteiger partial charge in [0.1, 0.15) is 11.3 Å². The number of nitriles is 1. The van der Waals surface area contributed by atoms with Crippen molar-refractivity contribution in [3.05, 3.63) is 0 Å². The summed E-state index contributed by atoms with van der Waals surface area (Å²) in [5, 5.41) is 13.4. The van der Waals surface area contributed by atoms with Crippen molar-refractivity contribution in [2.45, 2.75) is 27.1 Å². The number of nitrogens with one attached hydrogen (secondary N) is 1. The minimum absolute atomic E-state index is 0.124. The summed E-state index contributed by atoms with van der Waals surface area (Å²) in [6, 6.07) is 2.13. The van der Waals surface area contributed by atoms with Gasteiger partial charge in [0.15, 0.2) is 6.29 Å². The number of nitrogens with zero attached hydrogens (tertiary/aromatic N) is 4. The van der Waals surface area contributed by atoms with Crippen LogP contribution in [0.15, 0.2) is 9.98 Å². The lowest BCUT2D eigenvalue weighted by molar-refractivity contribution is 0.280. The molecule has 0 aromatic rings. The lowest BCUT2D eigenvalue weighted by atomic mass is 9.94. The molecular formula is C9H15ClN6. The van der Waals surface area contributed by atoms with Gasteiger partial charge in [-0.3, -0.25) is 5.32 Å². The third-order valence-electron chi connectivity index (χ3n) is 2.14. The zero-order valence-corrected chi connectivity index (χ0v) is 10.3. The van der Waals surface area contributed by atoms with E-state index in [1.54, 1.807) is 13.8 Å². The van der Waals surface area contributed by atoms with Gasteiger partial charge in [0.05, 0.1) is 6.07 Å². The van der Waals surface area contributed by atoms with Crippen molar-refractivity contribution < 1.29 is 0 Å². The molecule has 7 heteroatoms. The Morgan fingerprint density at radius 2 is 2.31 bits per heavy atom. The molecule has 0 saturated carbocycles. The van der Waals surface area contributed by atoms with Gasteiger partial charge in [0, 0.05) is 0 Å². The molecule has 0 radical (unpaired) electrons. The number of aliphatic imine (C=N–C) groups is 2. The van der Waals surface area contributed by atoms with Crippen molar-refractivity contribution in [2.75, 3.05) is 6.54 Å². The normalized spacial score (nSPS) is 21.2. The van der Waals surface area contributed by atoms with E-state index in [1.807, 2.05) is 6.92 Å². The molecule has 0 fully saturated rings. The van der Waals surface area contributed by atoms with Crippen LogP contribution in [-0.4, -0.2) is 29.0 Å². The molecule has 0 saturated heterocycles. The zero-order chi connectivity index (χ0) is 12.3. The summed E-state index contributed by atoms with van der Waals surface area (Å²) in [5.74, 6) is 6.06. The van der Waals surface area contributed by atoms with Crippen LogP contribution in [0.3, 0.4) is 0 Å². The first-order chi connectivity index (χ1) is 7.42. The number of rotatable bonds is 3. The van der Waals surface area contributed by atoms with Crippen LogP contribution in [0.4, 0.5) is 0 Å². The van der Waals surface area contributed by atoms with E-state index in [-0.39, 0.29) is 5.29 Å². The Balaban J connectivity index is 3.03. The van der Waals surface area contributed by atoms with Gasteiger partial charge in [-0.1, -0.05) is 6.92 Å². The largest absolute Gasteiger partial charge is 0.278 e. The van der Waals surface area contributed by atoms with Gasteiger partial charge in [-0.2, -0.15) is 5.26 Å². The second kappa shape index (κ2) is 4.78. The van der Waals surface area contributed by atoms with Gasteiger partial charge >= 0.3 is 0 Å². The first-order valence-corrected chi connectivity index (χ1v) is 5.31. The van der Waals surface area contributed by atoms with E-state index in [9.17, 15) is 0 Å². The highest BCUT2D eigenvalue weighted by molar-refractivity contribution is 6.65. The second-order valence-electron chi connectivity index (χ2n) is 3.91. The SMILES string of the molecule is CCNC1N=C(C(C)(C)C#N)N=C(Cl)N1N. The molecular weight excluding hydrogens is 228 g/mol. The number of hydrazine groups is 1. The molecule has 1 aliphatic heterocycles. The van der Waals surface area contributed by atoms with Crippen LogP contribution < -0.4 is 11.2 Å². The van der Waals surface area contributed by atoms with E-state index in [2.05, 4.69) is 21.4 Å². The van der Waals surface area contributed by atoms with Gasteiger partial charge in [-0.05, 0) is 32.0 Å². The van der Waals surface area contributed by atoms with Crippen LogP contribution in [0.1, 0.15) is 20.8 Å². The molecule has 1 rings (SSSR count).